The average molecular weight is 188 g/mol. The molecule has 0 atom stereocenters. The lowest BCUT2D eigenvalue weighted by molar-refractivity contribution is 0.152. The van der Waals surface area contributed by atoms with Gasteiger partial charge >= 0.3 is 6.09 Å². The maximum atomic E-state index is 10.8. The first kappa shape index (κ1) is 12.2. The monoisotopic (exact) mass is 188 g/mol. The van der Waals surface area contributed by atoms with Gasteiger partial charge in [0.15, 0.2) is 0 Å². The van der Waals surface area contributed by atoms with Gasteiger partial charge in [0.05, 0.1) is 6.61 Å². The van der Waals surface area contributed by atoms with Crippen molar-refractivity contribution in [3.8, 4) is 0 Å². The number of unbranched alkanes of at least 4 members (excludes halogenated alkanes) is 2. The minimum atomic E-state index is -0.309. The molecule has 0 rings (SSSR count). The summed E-state index contributed by atoms with van der Waals surface area (Å²) in [5.74, 6) is 0. The van der Waals surface area contributed by atoms with E-state index in [0.717, 1.165) is 25.8 Å². The average Bonchev–Trinajstić information content (AvgIpc) is 2.11. The van der Waals surface area contributed by atoms with Crippen molar-refractivity contribution in [3.05, 3.63) is 0 Å². The molecule has 13 heavy (non-hydrogen) atoms. The minimum Gasteiger partial charge on any atom is -0.450 e. The number of hydrogen-bond donors (Lipinski definition) is 2. The number of carbonyl (C=O) groups is 1. The van der Waals surface area contributed by atoms with E-state index in [1.165, 1.54) is 0 Å². The van der Waals surface area contributed by atoms with Crippen molar-refractivity contribution in [2.45, 2.75) is 26.2 Å². The molecule has 0 saturated heterocycles. The number of alkyl carbamates (subject to hydrolysis) is 1. The van der Waals surface area contributed by atoms with Gasteiger partial charge < -0.3 is 15.4 Å². The highest BCUT2D eigenvalue weighted by Crippen LogP contribution is 1.92. The van der Waals surface area contributed by atoms with Crippen molar-refractivity contribution in [3.63, 3.8) is 0 Å². The van der Waals surface area contributed by atoms with Crippen molar-refractivity contribution < 1.29 is 9.53 Å². The lowest BCUT2D eigenvalue weighted by Gasteiger charge is -2.04. The molecule has 4 nitrogen and oxygen atoms in total. The highest BCUT2D eigenvalue weighted by molar-refractivity contribution is 5.66. The first-order chi connectivity index (χ1) is 6.31. The Morgan fingerprint density at radius 1 is 1.23 bits per heavy atom. The van der Waals surface area contributed by atoms with Crippen LogP contribution >= 0.6 is 0 Å². The smallest absolute Gasteiger partial charge is 0.407 e. The van der Waals surface area contributed by atoms with Crippen LogP contribution in [0.5, 0.6) is 0 Å². The van der Waals surface area contributed by atoms with Crippen LogP contribution < -0.4 is 10.6 Å². The molecule has 0 aliphatic heterocycles. The van der Waals surface area contributed by atoms with E-state index in [2.05, 4.69) is 10.6 Å². The van der Waals surface area contributed by atoms with Crippen LogP contribution in [-0.2, 0) is 4.74 Å². The molecule has 0 unspecified atom stereocenters. The Hall–Kier alpha value is -0.770. The predicted octanol–water partition coefficient (Wildman–Crippen LogP) is 1.12. The highest BCUT2D eigenvalue weighted by Gasteiger charge is 1.97. The molecule has 0 aromatic heterocycles. The van der Waals surface area contributed by atoms with Crippen LogP contribution in [0.2, 0.25) is 0 Å². The van der Waals surface area contributed by atoms with Crippen molar-refractivity contribution >= 4 is 6.09 Å². The Bertz CT molecular complexity index is 129. The summed E-state index contributed by atoms with van der Waals surface area (Å²) in [6.07, 6.45) is 2.99. The standard InChI is InChI=1S/C9H20N2O2/c1-3-13-9(12)11-8-6-4-5-7-10-2/h10H,3-8H2,1-2H3,(H,11,12). The second-order valence-electron chi connectivity index (χ2n) is 2.81. The van der Waals surface area contributed by atoms with Crippen LogP contribution in [0.3, 0.4) is 0 Å². The van der Waals surface area contributed by atoms with E-state index in [-0.39, 0.29) is 6.09 Å². The van der Waals surface area contributed by atoms with Gasteiger partial charge in [-0.25, -0.2) is 4.79 Å². The molecule has 0 radical (unpaired) electrons. The largest absolute Gasteiger partial charge is 0.450 e. The summed E-state index contributed by atoms with van der Waals surface area (Å²) >= 11 is 0. The van der Waals surface area contributed by atoms with E-state index in [1.54, 1.807) is 6.92 Å². The van der Waals surface area contributed by atoms with Gasteiger partial charge in [0, 0.05) is 6.54 Å². The van der Waals surface area contributed by atoms with Gasteiger partial charge in [0.2, 0.25) is 0 Å². The normalized spacial score (nSPS) is 9.69. The van der Waals surface area contributed by atoms with Crippen molar-refractivity contribution in [1.82, 2.24) is 10.6 Å². The van der Waals surface area contributed by atoms with E-state index in [9.17, 15) is 4.79 Å². The van der Waals surface area contributed by atoms with Crippen molar-refractivity contribution in [1.29, 1.82) is 0 Å². The SMILES string of the molecule is CCOC(=O)NCCCCCNC. The lowest BCUT2D eigenvalue weighted by Crippen LogP contribution is -2.25. The Balaban J connectivity index is 3.02. The number of ether oxygens (including phenoxy) is 1. The van der Waals surface area contributed by atoms with Crippen LogP contribution in [0.25, 0.3) is 0 Å². The van der Waals surface area contributed by atoms with Crippen molar-refractivity contribution in [2.75, 3.05) is 26.7 Å². The molecule has 1 amide bonds. The molecule has 0 aromatic carbocycles. The molecule has 2 N–H and O–H groups in total. The second-order valence-corrected chi connectivity index (χ2v) is 2.81. The van der Waals surface area contributed by atoms with Gasteiger partial charge in [0.1, 0.15) is 0 Å². The Morgan fingerprint density at radius 3 is 2.54 bits per heavy atom. The predicted molar refractivity (Wildman–Crippen MR) is 52.8 cm³/mol. The second kappa shape index (κ2) is 9.32. The number of hydrogen-bond acceptors (Lipinski definition) is 3. The first-order valence-corrected chi connectivity index (χ1v) is 4.86. The number of amides is 1. The fraction of sp³-hybridized carbons (Fsp3) is 0.889. The van der Waals surface area contributed by atoms with E-state index in [4.69, 9.17) is 4.74 Å². The maximum Gasteiger partial charge on any atom is 0.407 e. The van der Waals surface area contributed by atoms with Gasteiger partial charge in [-0.2, -0.15) is 0 Å². The molecule has 0 fully saturated rings. The minimum absolute atomic E-state index is 0.309. The summed E-state index contributed by atoms with van der Waals surface area (Å²) in [6, 6.07) is 0. The van der Waals surface area contributed by atoms with Crippen LogP contribution in [0.15, 0.2) is 0 Å². The van der Waals surface area contributed by atoms with Crippen molar-refractivity contribution in [2.24, 2.45) is 0 Å². The van der Waals surface area contributed by atoms with E-state index in [0.29, 0.717) is 13.2 Å². The number of rotatable bonds is 7. The summed E-state index contributed by atoms with van der Waals surface area (Å²) in [4.78, 5) is 10.8. The molecule has 0 aromatic rings. The highest BCUT2D eigenvalue weighted by atomic mass is 16.5. The first-order valence-electron chi connectivity index (χ1n) is 4.86. The lowest BCUT2D eigenvalue weighted by atomic mass is 10.2. The zero-order valence-corrected chi connectivity index (χ0v) is 8.56. The van der Waals surface area contributed by atoms with E-state index >= 15 is 0 Å². The molecule has 4 heteroatoms. The third-order valence-corrected chi connectivity index (χ3v) is 1.65. The Kier molecular flexibility index (Phi) is 8.77. The van der Waals surface area contributed by atoms with E-state index < -0.39 is 0 Å². The third kappa shape index (κ3) is 9.14. The van der Waals surface area contributed by atoms with Gasteiger partial charge in [-0.1, -0.05) is 6.42 Å². The zero-order valence-electron chi connectivity index (χ0n) is 8.56. The Morgan fingerprint density at radius 2 is 1.92 bits per heavy atom. The van der Waals surface area contributed by atoms with Crippen LogP contribution in [0.1, 0.15) is 26.2 Å². The fourth-order valence-electron chi connectivity index (χ4n) is 0.976. The summed E-state index contributed by atoms with van der Waals surface area (Å²) in [5.41, 5.74) is 0. The molecule has 0 heterocycles. The topological polar surface area (TPSA) is 50.4 Å². The zero-order chi connectivity index (χ0) is 9.94. The molecular weight excluding hydrogens is 168 g/mol. The summed E-state index contributed by atoms with van der Waals surface area (Å²) in [5, 5.41) is 5.75. The molecule has 0 aliphatic carbocycles. The molecule has 0 spiro atoms. The molecule has 0 saturated carbocycles. The quantitative estimate of drug-likeness (QED) is 0.589. The van der Waals surface area contributed by atoms with Gasteiger partial charge in [-0.3, -0.25) is 0 Å². The van der Waals surface area contributed by atoms with Gasteiger partial charge in [-0.15, -0.1) is 0 Å². The molecule has 0 aliphatic rings. The number of carbonyl (C=O) groups excluding carboxylic acids is 1. The molecular formula is C9H20N2O2. The van der Waals surface area contributed by atoms with Gasteiger partial charge in [0.25, 0.3) is 0 Å². The van der Waals surface area contributed by atoms with Crippen LogP contribution in [-0.4, -0.2) is 32.8 Å². The fourth-order valence-corrected chi connectivity index (χ4v) is 0.976. The third-order valence-electron chi connectivity index (χ3n) is 1.65. The van der Waals surface area contributed by atoms with Crippen LogP contribution in [0.4, 0.5) is 4.79 Å². The number of nitrogens with one attached hydrogen (secondary N) is 2. The molecule has 0 bridgehead atoms. The Labute approximate surface area is 80.0 Å². The van der Waals surface area contributed by atoms with Gasteiger partial charge in [-0.05, 0) is 33.4 Å². The molecule has 78 valence electrons. The van der Waals surface area contributed by atoms with E-state index in [1.807, 2.05) is 7.05 Å². The maximum absolute atomic E-state index is 10.8. The summed E-state index contributed by atoms with van der Waals surface area (Å²) in [6.45, 7) is 3.99. The van der Waals surface area contributed by atoms with Crippen LogP contribution in [0, 0.1) is 0 Å². The summed E-state index contributed by atoms with van der Waals surface area (Å²) in [7, 11) is 1.94. The summed E-state index contributed by atoms with van der Waals surface area (Å²) < 4.78 is 4.71.